The second kappa shape index (κ2) is 90.4. The Balaban J connectivity index is -0.000000239. The largest absolute Gasteiger partial charge is 1.00 e. The number of alkyl halides is 6. The van der Waals surface area contributed by atoms with Crippen LogP contribution >= 0.6 is 7.26 Å². The molecule has 4 aromatic carbocycles. The number of rotatable bonds is 44. The van der Waals surface area contributed by atoms with Crippen LogP contribution in [0.3, 0.4) is 0 Å². The number of aromatic nitrogens is 2. The van der Waals surface area contributed by atoms with Crippen molar-refractivity contribution >= 4 is 51.2 Å². The van der Waals surface area contributed by atoms with Crippen LogP contribution in [0.5, 0.6) is 0 Å². The van der Waals surface area contributed by atoms with E-state index in [1.54, 1.807) is 35.5 Å². The number of aliphatic hydroxyl groups excluding tert-OH is 1. The number of carboxylic acid groups (broad SMARTS) is 3. The second-order valence-corrected chi connectivity index (χ2v) is 39.9. The molecule has 2 aromatic heterocycles. The molecule has 7 rings (SSSR count). The van der Waals surface area contributed by atoms with Gasteiger partial charge in [-0.3, -0.25) is 9.35 Å². The summed E-state index contributed by atoms with van der Waals surface area (Å²) in [5, 5.41) is 37.7. The Labute approximate surface area is 901 Å². The fourth-order valence-corrected chi connectivity index (χ4v) is 18.4. The molecule has 6 aromatic rings. The number of benzene rings is 4. The molecule has 820 valence electrons. The summed E-state index contributed by atoms with van der Waals surface area (Å²) in [6.45, 7) is 50.3. The van der Waals surface area contributed by atoms with Crippen LogP contribution < -0.4 is 112 Å². The van der Waals surface area contributed by atoms with E-state index in [-0.39, 0.29) is 108 Å². The summed E-state index contributed by atoms with van der Waals surface area (Å²) in [7, 11) is 18.8. The molecule has 1 unspecified atom stereocenters. The van der Waals surface area contributed by atoms with Crippen LogP contribution in [0.1, 0.15) is 143 Å². The molecule has 3 heterocycles. The Morgan fingerprint density at radius 2 is 0.879 bits per heavy atom. The van der Waals surface area contributed by atoms with Crippen LogP contribution in [0, 0.1) is 0 Å². The van der Waals surface area contributed by atoms with Gasteiger partial charge < -0.3 is 173 Å². The topological polar surface area (TPSA) is 271 Å². The van der Waals surface area contributed by atoms with Gasteiger partial charge in [0, 0.05) is 137 Å². The Hall–Kier alpha value is -4.67. The average molecular weight is 2410 g/mol. The first-order chi connectivity index (χ1) is 64.4. The van der Waals surface area contributed by atoms with Gasteiger partial charge in [0.15, 0.2) is 37.4 Å². The molecule has 1 aliphatic heterocycles. The highest BCUT2D eigenvalue weighted by atomic mass is 127. The van der Waals surface area contributed by atoms with E-state index in [1.807, 2.05) is 36.7 Å². The van der Waals surface area contributed by atoms with E-state index in [0.29, 0.717) is 58.9 Å². The Bertz CT molecular complexity index is 3870. The van der Waals surface area contributed by atoms with Gasteiger partial charge in [-0.15, -0.1) is 0 Å². The Morgan fingerprint density at radius 3 is 1.26 bits per heavy atom. The van der Waals surface area contributed by atoms with Gasteiger partial charge in [-0.1, -0.05) is 92.4 Å². The molecule has 0 bridgehead atoms. The quantitative estimate of drug-likeness (QED) is 0.00800. The van der Waals surface area contributed by atoms with Crippen molar-refractivity contribution in [3.8, 4) is 0 Å². The van der Waals surface area contributed by atoms with Crippen molar-refractivity contribution < 1.29 is 216 Å². The van der Waals surface area contributed by atoms with Gasteiger partial charge in [-0.2, -0.15) is 34.8 Å². The number of carbonyl (C=O) groups excluding carboxylic acids is 1. The normalized spacial score (nSPS) is 13.7. The number of hydrogen-bond acceptors (Lipinski definition) is 17. The van der Waals surface area contributed by atoms with Crippen LogP contribution in [-0.4, -0.2) is 359 Å². The maximum atomic E-state index is 10.6. The van der Waals surface area contributed by atoms with Gasteiger partial charge >= 0.3 is 24.3 Å². The van der Waals surface area contributed by atoms with Crippen molar-refractivity contribution in [2.75, 3.05) is 268 Å². The number of aliphatic hydroxyl groups is 1. The minimum absolute atomic E-state index is 0. The summed E-state index contributed by atoms with van der Waals surface area (Å²) in [6.07, 6.45) is 5.05. The number of ether oxygens (including phenoxy) is 7. The second-order valence-electron chi connectivity index (χ2n) is 34.5. The van der Waals surface area contributed by atoms with E-state index >= 15 is 0 Å². The van der Waals surface area contributed by atoms with Crippen LogP contribution in [0.2, 0.25) is 0 Å². The lowest BCUT2D eigenvalue weighted by atomic mass is 10.1. The summed E-state index contributed by atoms with van der Waals surface area (Å²) in [6, 6.07) is 51.9. The van der Waals surface area contributed by atoms with Crippen molar-refractivity contribution in [3.05, 3.63) is 187 Å². The van der Waals surface area contributed by atoms with E-state index in [9.17, 15) is 39.6 Å². The first kappa shape index (κ1) is 152. The van der Waals surface area contributed by atoms with E-state index in [4.69, 9.17) is 63.0 Å². The molecule has 1 fully saturated rings. The number of halogens is 10. The summed E-state index contributed by atoms with van der Waals surface area (Å²) in [5.41, 5.74) is 5.02. The maximum absolute atomic E-state index is 10.6. The summed E-state index contributed by atoms with van der Waals surface area (Å²) >= 11 is 0. The third kappa shape index (κ3) is 77.4. The zero-order chi connectivity index (χ0) is 103. The van der Waals surface area contributed by atoms with Crippen molar-refractivity contribution in [2.24, 2.45) is 0 Å². The van der Waals surface area contributed by atoms with Gasteiger partial charge in [0.2, 0.25) is 0 Å². The molecule has 0 radical (unpaired) electrons. The number of carboxylic acids is 3. The highest BCUT2D eigenvalue weighted by molar-refractivity contribution is 7.95. The van der Waals surface area contributed by atoms with Gasteiger partial charge in [0.25, 0.3) is 10.1 Å². The number of aliphatic carboxylic acids is 3. The van der Waals surface area contributed by atoms with Crippen molar-refractivity contribution in [1.29, 1.82) is 0 Å². The lowest BCUT2D eigenvalue weighted by Gasteiger charge is -2.37. The number of pyridine rings is 2. The van der Waals surface area contributed by atoms with E-state index in [0.717, 1.165) is 112 Å². The smallest absolute Gasteiger partial charge is 0.490 e. The zero-order valence-corrected chi connectivity index (χ0v) is 97.2. The van der Waals surface area contributed by atoms with E-state index in [1.165, 1.54) is 140 Å². The molecule has 1 atom stereocenters. The zero-order valence-electron chi connectivity index (χ0n) is 88.0. The highest BCUT2D eigenvalue weighted by Crippen LogP contribution is 2.54. The maximum Gasteiger partial charge on any atom is 0.490 e. The predicted molar refractivity (Wildman–Crippen MR) is 542 cm³/mol. The van der Waals surface area contributed by atoms with Crippen molar-refractivity contribution in [2.45, 2.75) is 173 Å². The van der Waals surface area contributed by atoms with E-state index < -0.39 is 47.6 Å². The highest BCUT2D eigenvalue weighted by Gasteiger charge is 2.43. The molecule has 4 N–H and O–H groups in total. The van der Waals surface area contributed by atoms with Gasteiger partial charge in [-0.05, 0) is 176 Å². The molecule has 26 nitrogen and oxygen atoms in total. The van der Waals surface area contributed by atoms with Gasteiger partial charge in [0.05, 0.1) is 158 Å². The molecule has 0 amide bonds. The van der Waals surface area contributed by atoms with Gasteiger partial charge in [-0.25, -0.2) is 13.9 Å². The van der Waals surface area contributed by atoms with E-state index in [2.05, 4.69) is 268 Å². The van der Waals surface area contributed by atoms with Crippen molar-refractivity contribution in [1.82, 2.24) is 14.7 Å². The molecule has 0 saturated carbocycles. The molecular formula is C103H182Br2F6I2N9O17PS+2. The monoisotopic (exact) mass is 2410 g/mol. The number of likely N-dealkylation sites (N-methyl/N-ethyl adjacent to an activating group) is 4. The number of quaternary nitrogens is 4. The average Bonchev–Trinajstić information content (AvgIpc) is 0.759. The third-order valence-corrected chi connectivity index (χ3v) is 28.8. The fourth-order valence-electron chi connectivity index (χ4n) is 13.8. The third-order valence-electron chi connectivity index (χ3n) is 23.5. The number of methoxy groups -OCH3 is 5. The molecular weight excluding hydrogens is 2230 g/mol. The fraction of sp³-hybridized carbons (Fsp3) is 0.641. The Morgan fingerprint density at radius 1 is 0.482 bits per heavy atom. The van der Waals surface area contributed by atoms with Gasteiger partial charge in [0.1, 0.15) is 42.2 Å². The predicted octanol–water partition coefficient (Wildman–Crippen LogP) is 1.36. The lowest BCUT2D eigenvalue weighted by molar-refractivity contribution is -0.936. The van der Waals surface area contributed by atoms with Crippen molar-refractivity contribution in [3.63, 3.8) is 0 Å². The number of hydrogen-bond donors (Lipinski definition) is 4. The number of nitrogens with zero attached hydrogens (tertiary/aromatic N) is 9. The minimum atomic E-state index is -5.19. The molecule has 38 heteroatoms. The molecule has 141 heavy (non-hydrogen) atoms. The van der Waals surface area contributed by atoms with Crippen LogP contribution in [-0.2, 0) is 96.7 Å². The Kier molecular flexibility index (Phi) is 97.2. The van der Waals surface area contributed by atoms with Crippen LogP contribution in [0.25, 0.3) is 0 Å². The SMILES string of the molecule is C.CC[N+](C)(C)C.CC[N+](CC)(CC)CC.CC[N+](CC)(CC)Cc1ccc(COC)cc1.CC[P+](c1ccccc1)(c1ccccc1)c1ccccc1.COCCCCS(=O)(=O)O.COCCC[n+]1ccc(CCC(=O)O)cc1.COCCC[n+]1ccccc1CCCO.COCCOCCOCC[N+]1(C)CCCN(C)CCN(C)CCCN(C)CC1.O=C(O)C(F)(F)F.O=C([O-])C(F)(F)F.[Br-].[Br-].[I-].[I-]. The number of carbonyl (C=O) groups is 3. The number of unbranched alkanes of at least 4 members (excludes halogenated alkanes) is 1. The lowest BCUT2D eigenvalue weighted by Crippen LogP contribution is -3.00. The molecule has 0 aliphatic carbocycles. The standard InChI is InChI=1S/C21H47N4O3.C20H20P.C15H26NO.C12H17NO3.C12H20NO2.C8H20N.C5H14N.C5H12O4S.2C2HF3O2.CH4.2BrH.2HI/c1-22-8-6-9-24(3)13-15-25(4,14-7-10-23(2)12-11-22)16-17-27-20-21-28-19-18-26-5;1-2-21(18-12-6-3-7-13-18,19-14-8-4-9-15-19)20-16-10-5-11-17-20;1-5-16(6-2,7-3)12-14-8-10-15(11-9-14)13-17-4;1-16-10-2-7-13-8-5-11(6-9-13)3-4-12(14)15;1-15-11-5-9-13-8-3-2-6-12(13)7-4-10-14;1-5-9(6-2,7-3)8-4;1-5-6(2,3)4;1-9-4-2-3-5-10(6,7)8;2*3-2(4,5)1(6)7;;;;;/h6-21H2,1-5H3;3-17H,2H2,1H3;8-11H,5-7,12-13H2,1-4H3;5-6,8-9H,2-4,7,10H2,1H3;2-3,6,8,14H,4-5,7,9-11H2,1H3;5-8H2,1-4H3;5H2,1-4H3;2-5H2,1H3,(H,6,7,8);2*(H,6,7);1H4;4*1H/q3*+1;;3*+1;;;;;;;;/p-4. The molecule has 1 aliphatic rings. The molecule has 0 spiro atoms. The number of aryl methyl sites for hydroxylation is 4. The summed E-state index contributed by atoms with van der Waals surface area (Å²) in [5.74, 6) is -6.69. The minimum Gasteiger partial charge on any atom is -1.00 e. The van der Waals surface area contributed by atoms with Crippen LogP contribution in [0.15, 0.2) is 164 Å². The molecule has 1 saturated heterocycles. The summed E-state index contributed by atoms with van der Waals surface area (Å²) < 4.78 is 137. The summed E-state index contributed by atoms with van der Waals surface area (Å²) in [4.78, 5) is 35.5. The van der Waals surface area contributed by atoms with Crippen LogP contribution in [0.4, 0.5) is 26.3 Å². The first-order valence-electron chi connectivity index (χ1n) is 47.8. The first-order valence-corrected chi connectivity index (χ1v) is 51.4.